The third-order valence-electron chi connectivity index (χ3n) is 2.51. The minimum atomic E-state index is 0.342. The van der Waals surface area contributed by atoms with Gasteiger partial charge in [0.05, 0.1) is 0 Å². The van der Waals surface area contributed by atoms with Crippen molar-refractivity contribution in [1.29, 1.82) is 0 Å². The Bertz CT molecular complexity index is 336. The average molecular weight is 193 g/mol. The van der Waals surface area contributed by atoms with Crippen LogP contribution >= 0.6 is 0 Å². The number of hydrogen-bond donors (Lipinski definition) is 1. The molecule has 3 nitrogen and oxygen atoms in total. The van der Waals surface area contributed by atoms with E-state index in [4.69, 9.17) is 15.2 Å². The average Bonchev–Trinajstić information content (AvgIpc) is 2.64. The Balaban J connectivity index is 2.31. The number of ether oxygens (including phenoxy) is 2. The van der Waals surface area contributed by atoms with Gasteiger partial charge in [-0.15, -0.1) is 0 Å². The summed E-state index contributed by atoms with van der Waals surface area (Å²) in [5.74, 6) is 1.78. The number of hydrogen-bond acceptors (Lipinski definition) is 3. The van der Waals surface area contributed by atoms with Gasteiger partial charge in [-0.25, -0.2) is 0 Å². The summed E-state index contributed by atoms with van der Waals surface area (Å²) in [6, 6.07) is 4.03. The molecular formula is C11H15NO2. The van der Waals surface area contributed by atoms with Crippen molar-refractivity contribution in [3.05, 3.63) is 23.3 Å². The van der Waals surface area contributed by atoms with Gasteiger partial charge in [-0.1, -0.05) is 6.07 Å². The van der Waals surface area contributed by atoms with Gasteiger partial charge in [-0.05, 0) is 37.9 Å². The first kappa shape index (κ1) is 9.34. The molecule has 1 heterocycles. The van der Waals surface area contributed by atoms with Crippen LogP contribution in [0.1, 0.15) is 17.5 Å². The van der Waals surface area contributed by atoms with Crippen LogP contribution < -0.4 is 15.2 Å². The lowest BCUT2D eigenvalue weighted by Crippen LogP contribution is -2.02. The van der Waals surface area contributed by atoms with Crippen molar-refractivity contribution < 1.29 is 9.47 Å². The molecule has 0 radical (unpaired) electrons. The summed E-state index contributed by atoms with van der Waals surface area (Å²) in [6.45, 7) is 3.15. The summed E-state index contributed by atoms with van der Waals surface area (Å²) in [6.07, 6.45) is 1.95. The van der Waals surface area contributed by atoms with E-state index in [9.17, 15) is 0 Å². The van der Waals surface area contributed by atoms with E-state index in [2.05, 4.69) is 13.0 Å². The number of rotatable bonds is 3. The lowest BCUT2D eigenvalue weighted by atomic mass is 10.0. The van der Waals surface area contributed by atoms with Gasteiger partial charge < -0.3 is 15.2 Å². The number of nitrogens with two attached hydrogens (primary N) is 1. The monoisotopic (exact) mass is 193 g/mol. The van der Waals surface area contributed by atoms with E-state index in [1.54, 1.807) is 0 Å². The zero-order valence-corrected chi connectivity index (χ0v) is 8.38. The Morgan fingerprint density at radius 1 is 1.36 bits per heavy atom. The maximum absolute atomic E-state index is 5.50. The lowest BCUT2D eigenvalue weighted by molar-refractivity contribution is 0.173. The molecule has 1 aliphatic heterocycles. The predicted molar refractivity (Wildman–Crippen MR) is 54.7 cm³/mol. The minimum Gasteiger partial charge on any atom is -0.454 e. The van der Waals surface area contributed by atoms with Gasteiger partial charge in [0.2, 0.25) is 6.79 Å². The molecule has 0 amide bonds. The fraction of sp³-hybridized carbons (Fsp3) is 0.455. The third-order valence-corrected chi connectivity index (χ3v) is 2.51. The Morgan fingerprint density at radius 2 is 2.21 bits per heavy atom. The molecule has 0 aromatic heterocycles. The van der Waals surface area contributed by atoms with Crippen molar-refractivity contribution in [2.24, 2.45) is 5.73 Å². The molecule has 3 heteroatoms. The third kappa shape index (κ3) is 1.55. The van der Waals surface area contributed by atoms with Crippen molar-refractivity contribution in [2.75, 3.05) is 13.3 Å². The van der Waals surface area contributed by atoms with Gasteiger partial charge in [0.15, 0.2) is 11.5 Å². The van der Waals surface area contributed by atoms with E-state index >= 15 is 0 Å². The van der Waals surface area contributed by atoms with Gasteiger partial charge >= 0.3 is 0 Å². The largest absolute Gasteiger partial charge is 0.454 e. The molecule has 0 unspecified atom stereocenters. The molecular weight excluding hydrogens is 178 g/mol. The molecule has 1 aliphatic rings. The zero-order valence-electron chi connectivity index (χ0n) is 8.38. The smallest absolute Gasteiger partial charge is 0.231 e. The van der Waals surface area contributed by atoms with Crippen molar-refractivity contribution in [2.45, 2.75) is 19.8 Å². The Morgan fingerprint density at radius 3 is 3.00 bits per heavy atom. The number of benzene rings is 1. The lowest BCUT2D eigenvalue weighted by Gasteiger charge is -2.08. The molecule has 2 rings (SSSR count). The summed E-state index contributed by atoms with van der Waals surface area (Å²) in [5.41, 5.74) is 7.99. The minimum absolute atomic E-state index is 0.342. The quantitative estimate of drug-likeness (QED) is 0.793. The maximum Gasteiger partial charge on any atom is 0.231 e. The van der Waals surface area contributed by atoms with Gasteiger partial charge in [-0.3, -0.25) is 0 Å². The van der Waals surface area contributed by atoms with E-state index in [0.29, 0.717) is 13.3 Å². The molecule has 2 N–H and O–H groups in total. The highest BCUT2D eigenvalue weighted by Crippen LogP contribution is 2.37. The normalized spacial score (nSPS) is 13.3. The van der Waals surface area contributed by atoms with Gasteiger partial charge in [0.25, 0.3) is 0 Å². The first-order valence-electron chi connectivity index (χ1n) is 4.91. The van der Waals surface area contributed by atoms with Gasteiger partial charge in [0.1, 0.15) is 0 Å². The van der Waals surface area contributed by atoms with Crippen LogP contribution in [-0.4, -0.2) is 13.3 Å². The summed E-state index contributed by atoms with van der Waals surface area (Å²) < 4.78 is 10.8. The number of fused-ring (bicyclic) bond motifs is 1. The van der Waals surface area contributed by atoms with E-state index in [1.807, 2.05) is 6.07 Å². The molecule has 76 valence electrons. The highest BCUT2D eigenvalue weighted by Gasteiger charge is 2.18. The molecule has 0 aliphatic carbocycles. The Labute approximate surface area is 83.8 Å². The molecule has 1 aromatic rings. The molecule has 0 spiro atoms. The fourth-order valence-electron chi connectivity index (χ4n) is 1.72. The van der Waals surface area contributed by atoms with E-state index in [1.165, 1.54) is 11.1 Å². The first-order valence-corrected chi connectivity index (χ1v) is 4.91. The van der Waals surface area contributed by atoms with Crippen LogP contribution in [0.2, 0.25) is 0 Å². The van der Waals surface area contributed by atoms with Crippen molar-refractivity contribution in [3.8, 4) is 11.5 Å². The Hall–Kier alpha value is -1.22. The number of aryl methyl sites for hydroxylation is 1. The molecule has 0 bridgehead atoms. The molecule has 1 aromatic carbocycles. The molecule has 0 saturated heterocycles. The second-order valence-corrected chi connectivity index (χ2v) is 3.49. The second-order valence-electron chi connectivity index (χ2n) is 3.49. The van der Waals surface area contributed by atoms with Crippen LogP contribution in [0.3, 0.4) is 0 Å². The summed E-state index contributed by atoms with van der Waals surface area (Å²) >= 11 is 0. The van der Waals surface area contributed by atoms with Crippen molar-refractivity contribution in [1.82, 2.24) is 0 Å². The van der Waals surface area contributed by atoms with Crippen LogP contribution in [0.5, 0.6) is 11.5 Å². The summed E-state index contributed by atoms with van der Waals surface area (Å²) in [7, 11) is 0. The fourth-order valence-corrected chi connectivity index (χ4v) is 1.72. The highest BCUT2D eigenvalue weighted by molar-refractivity contribution is 5.51. The van der Waals surface area contributed by atoms with Crippen LogP contribution in [-0.2, 0) is 6.42 Å². The predicted octanol–water partition coefficient (Wildman–Crippen LogP) is 1.62. The van der Waals surface area contributed by atoms with Gasteiger partial charge in [0, 0.05) is 5.56 Å². The van der Waals surface area contributed by atoms with E-state index < -0.39 is 0 Å². The van der Waals surface area contributed by atoms with E-state index in [-0.39, 0.29) is 0 Å². The first-order chi connectivity index (χ1) is 6.83. The van der Waals surface area contributed by atoms with Crippen LogP contribution in [0, 0.1) is 6.92 Å². The van der Waals surface area contributed by atoms with Crippen LogP contribution in [0.25, 0.3) is 0 Å². The topological polar surface area (TPSA) is 44.5 Å². The Kier molecular flexibility index (Phi) is 2.59. The van der Waals surface area contributed by atoms with Crippen LogP contribution in [0.4, 0.5) is 0 Å². The maximum atomic E-state index is 5.50. The highest BCUT2D eigenvalue weighted by atomic mass is 16.7. The molecule has 0 fully saturated rings. The molecule has 0 saturated carbocycles. The van der Waals surface area contributed by atoms with Crippen molar-refractivity contribution in [3.63, 3.8) is 0 Å². The standard InChI is InChI=1S/C11H15NO2/c1-8-4-5-10-11(14-7-13-10)9(8)3-2-6-12/h4-5H,2-3,6-7,12H2,1H3. The van der Waals surface area contributed by atoms with Crippen molar-refractivity contribution >= 4 is 0 Å². The SMILES string of the molecule is Cc1ccc2c(c1CCCN)OCO2. The van der Waals surface area contributed by atoms with Crippen LogP contribution in [0.15, 0.2) is 12.1 Å². The second kappa shape index (κ2) is 3.88. The van der Waals surface area contributed by atoms with E-state index in [0.717, 1.165) is 24.3 Å². The summed E-state index contributed by atoms with van der Waals surface area (Å²) in [5, 5.41) is 0. The molecule has 14 heavy (non-hydrogen) atoms. The summed E-state index contributed by atoms with van der Waals surface area (Å²) in [4.78, 5) is 0. The van der Waals surface area contributed by atoms with Gasteiger partial charge in [-0.2, -0.15) is 0 Å². The molecule has 0 atom stereocenters. The zero-order chi connectivity index (χ0) is 9.97.